The maximum atomic E-state index is 14.7. The van der Waals surface area contributed by atoms with Crippen LogP contribution in [0.4, 0.5) is 11.8 Å². The summed E-state index contributed by atoms with van der Waals surface area (Å²) in [7, 11) is 4.60. The van der Waals surface area contributed by atoms with E-state index in [0.29, 0.717) is 202 Å². The van der Waals surface area contributed by atoms with Crippen molar-refractivity contribution in [2.45, 2.75) is 212 Å². The Hall–Kier alpha value is -7.82. The average Bonchev–Trinajstić information content (AvgIpc) is 0.905. The summed E-state index contributed by atoms with van der Waals surface area (Å²) in [5.74, 6) is -7.60. The largest absolute Gasteiger partial charge is 0.460 e. The number of amides is 3. The molecule has 123 heavy (non-hydrogen) atoms. The molecule has 8 rings (SSSR count). The number of esters is 1. The van der Waals surface area contributed by atoms with E-state index in [1.807, 2.05) is 70.2 Å². The first-order chi connectivity index (χ1) is 59.3. The summed E-state index contributed by atoms with van der Waals surface area (Å²) in [5, 5.41) is 62.9. The number of unbranched alkanes of at least 4 members (excludes halogenated alkanes) is 1. The lowest BCUT2D eigenvalue weighted by Crippen LogP contribution is -2.61. The maximum absolute atomic E-state index is 14.7. The SMILES string of the molecule is CO[C@H]1C[C@@H]2CC[C@@H](C)[C@@](O)(O2)C(=O)C(=O)N2CCCC[C@H]2C(=O)O[C@H]([C@H](C)C[C@@H]2CC[C@@H](O)[C@H](OC)C2)C[C@@H](O)[C@H](C)/C=C(\C)[C@@H](O)[C@@H](OC)/C(=N/OCC(=O)NCCOCCOCCOCCOCCOCCOCCOCCOCCC(=O)NCCCCn2nc(-c3ccc4oc(N)nc4c3)c3c(N)ncnc32)[C@H](C)C[C@H](C)/C=C/C=C/C=C/1C. The molecule has 0 unspecified atom stereocenters. The van der Waals surface area contributed by atoms with E-state index in [2.05, 4.69) is 30.7 Å². The number of ketones is 1. The average molecular weight is 1730 g/mol. The number of hydrogen-bond acceptors (Lipinski definition) is 31. The maximum Gasteiger partial charge on any atom is 0.329 e. The predicted octanol–water partition coefficient (Wildman–Crippen LogP) is 7.12. The zero-order valence-corrected chi connectivity index (χ0v) is 73.6. The molecule has 3 aromatic heterocycles. The molecule has 2 saturated heterocycles. The molecule has 1 aromatic carbocycles. The Morgan fingerprint density at radius 1 is 0.707 bits per heavy atom. The number of nitrogens with two attached hydrogens (primary N) is 2. The summed E-state index contributed by atoms with van der Waals surface area (Å²) < 4.78 is 82.3. The number of aryl methyl sites for hydroxylation is 1. The van der Waals surface area contributed by atoms with E-state index in [-0.39, 0.29) is 100 Å². The van der Waals surface area contributed by atoms with Crippen molar-refractivity contribution < 1.29 is 115 Å². The summed E-state index contributed by atoms with van der Waals surface area (Å²) >= 11 is 0. The van der Waals surface area contributed by atoms with Crippen molar-refractivity contribution in [3.05, 3.63) is 72.1 Å². The number of oxime groups is 1. The Kier molecular flexibility index (Phi) is 43.8. The van der Waals surface area contributed by atoms with Crippen LogP contribution in [0.15, 0.2) is 81.7 Å². The smallest absolute Gasteiger partial charge is 0.329 e. The van der Waals surface area contributed by atoms with Gasteiger partial charge in [0.2, 0.25) is 11.7 Å². The number of Topliss-reactive ketones (excluding diaryl/α,β-unsaturated/α-hetero) is 1. The summed E-state index contributed by atoms with van der Waals surface area (Å²) in [6.45, 7) is 19.6. The molecule has 0 radical (unpaired) electrons. The van der Waals surface area contributed by atoms with Crippen molar-refractivity contribution in [2.24, 2.45) is 40.7 Å². The number of methoxy groups -OCH3 is 3. The minimum Gasteiger partial charge on any atom is -0.460 e. The third kappa shape index (κ3) is 32.2. The third-order valence-corrected chi connectivity index (χ3v) is 23.1. The number of fused-ring (bicyclic) bond motifs is 5. The number of rotatable bonds is 42. The molecule has 0 spiro atoms. The van der Waals surface area contributed by atoms with Gasteiger partial charge in [-0.05, 0) is 138 Å². The fraction of sp³-hybridized carbons (Fsp3) is 0.705. The number of piperidine rings is 1. The standard InChI is InChI=1S/C88H137N11O24/c1-57-18-12-11-13-19-58(2)72(109-8)53-66-24-21-63(7)88(108,123-66)82(105)85(106)98-30-16-14-20-68(98)86(107)121-73(60(4)50-64-22-25-69(100)74(51-64)110-9)54-70(101)59(3)49-62(6)80(104)81(111-10)78(61(5)48-57)97-120-55-76(103)92-29-33-113-35-37-115-39-41-117-43-45-119-47-46-118-44-42-116-40-38-114-36-34-112-32-27-75(102)91-28-15-17-31-99-84-77(83(89)93-56-94-84)79(96-99)65-23-26-71-67(52-65)95-87(90)122-71/h11-13,18-19,23,26,49,52,56-57,59-61,63-64,66,68-70,72-74,80-81,100-101,104,108H,14-17,20-22,24-25,27-48,50-51,53-55H2,1-10H3,(H2,90,95)(H,91,102)(H,92,103)(H2,89,93,94)/b13-11+,18-12+,58-19+,62-49+,97-78+/t57-,59-,60-,61-,63-,64+,66+,68+,69-,70-,72+,73+,74-,80-,81+,88-/m1/s1. The molecule has 4 aromatic rings. The molecule has 6 heterocycles. The lowest BCUT2D eigenvalue weighted by Gasteiger charge is -2.43. The summed E-state index contributed by atoms with van der Waals surface area (Å²) in [6, 6.07) is 4.40. The first-order valence-corrected chi connectivity index (χ1v) is 43.6. The highest BCUT2D eigenvalue weighted by Gasteiger charge is 2.53. The van der Waals surface area contributed by atoms with Gasteiger partial charge in [0.05, 0.1) is 147 Å². The van der Waals surface area contributed by atoms with E-state index < -0.39 is 96.6 Å². The Morgan fingerprint density at radius 2 is 1.37 bits per heavy atom. The van der Waals surface area contributed by atoms with E-state index in [0.717, 1.165) is 24.0 Å². The monoisotopic (exact) mass is 1730 g/mol. The Labute approximate surface area is 722 Å². The van der Waals surface area contributed by atoms with Crippen LogP contribution in [0, 0.1) is 35.5 Å². The van der Waals surface area contributed by atoms with Crippen LogP contribution in [0.25, 0.3) is 33.4 Å². The van der Waals surface area contributed by atoms with Crippen LogP contribution in [-0.2, 0) is 96.9 Å². The van der Waals surface area contributed by atoms with Gasteiger partial charge in [-0.1, -0.05) is 76.2 Å². The van der Waals surface area contributed by atoms with Gasteiger partial charge in [0.25, 0.3) is 23.6 Å². The topological polar surface area (TPSA) is 457 Å². The van der Waals surface area contributed by atoms with Crippen LogP contribution in [0.1, 0.15) is 145 Å². The van der Waals surface area contributed by atoms with Gasteiger partial charge in [0.1, 0.15) is 47.7 Å². The van der Waals surface area contributed by atoms with Gasteiger partial charge < -0.3 is 118 Å². The van der Waals surface area contributed by atoms with Crippen molar-refractivity contribution in [3.63, 3.8) is 0 Å². The molecule has 2 bridgehead atoms. The van der Waals surface area contributed by atoms with Crippen LogP contribution >= 0.6 is 0 Å². The molecule has 35 nitrogen and oxygen atoms in total. The number of allylic oxidation sites excluding steroid dienone is 5. The number of nitrogens with zero attached hydrogens (tertiary/aromatic N) is 7. The summed E-state index contributed by atoms with van der Waals surface area (Å²) in [5.41, 5.74) is 16.8. The fourth-order valence-corrected chi connectivity index (χ4v) is 15.9. The molecule has 10 N–H and O–H groups in total. The number of carbonyl (C=O) groups excluding carboxylic acids is 5. The van der Waals surface area contributed by atoms with Gasteiger partial charge in [0, 0.05) is 90.1 Å². The quantitative estimate of drug-likeness (QED) is 0.00719. The van der Waals surface area contributed by atoms with E-state index >= 15 is 0 Å². The number of cyclic esters (lactones) is 1. The number of aromatic nitrogens is 5. The van der Waals surface area contributed by atoms with Gasteiger partial charge in [-0.25, -0.2) is 19.4 Å². The molecule has 3 amide bonds. The van der Waals surface area contributed by atoms with Crippen LogP contribution in [0.2, 0.25) is 0 Å². The van der Waals surface area contributed by atoms with Gasteiger partial charge in [0.15, 0.2) is 17.8 Å². The summed E-state index contributed by atoms with van der Waals surface area (Å²) in [4.78, 5) is 89.0. The Bertz CT molecular complexity index is 4030. The third-order valence-electron chi connectivity index (χ3n) is 23.1. The highest BCUT2D eigenvalue weighted by Crippen LogP contribution is 2.39. The Morgan fingerprint density at radius 3 is 2.02 bits per heavy atom. The molecular weight excluding hydrogens is 1600 g/mol. The number of carbonyl (C=O) groups is 5. The number of aliphatic hydroxyl groups is 4. The first kappa shape index (κ1) is 101. The molecule has 35 heteroatoms. The second kappa shape index (κ2) is 53.6. The minimum atomic E-state index is -2.46. The molecule has 1 aliphatic carbocycles. The van der Waals surface area contributed by atoms with E-state index in [9.17, 15) is 44.4 Å². The number of benzene rings is 1. The van der Waals surface area contributed by atoms with Gasteiger partial charge >= 0.3 is 5.97 Å². The van der Waals surface area contributed by atoms with Gasteiger partial charge in [-0.2, -0.15) is 10.1 Å². The number of nitrogens with one attached hydrogen (secondary N) is 2. The van der Waals surface area contributed by atoms with Crippen molar-refractivity contribution in [1.82, 2.24) is 40.3 Å². The van der Waals surface area contributed by atoms with Crippen molar-refractivity contribution in [2.75, 3.05) is 165 Å². The molecule has 688 valence electrons. The number of oxazole rings is 1. The molecule has 3 fully saturated rings. The Balaban J connectivity index is 0.688. The van der Waals surface area contributed by atoms with Gasteiger partial charge in [-0.3, -0.25) is 19.2 Å². The van der Waals surface area contributed by atoms with Crippen LogP contribution in [-0.4, -0.2) is 299 Å². The molecular formula is C88H137N11O24. The molecule has 1 saturated carbocycles. The number of hydrogen-bond donors (Lipinski definition) is 8. The number of aliphatic hydroxyl groups excluding tert-OH is 3. The van der Waals surface area contributed by atoms with Crippen LogP contribution in [0.5, 0.6) is 0 Å². The molecule has 4 aliphatic rings. The minimum absolute atomic E-state index is 0.0310. The van der Waals surface area contributed by atoms with E-state index in [4.69, 9.17) is 87.4 Å². The first-order valence-electron chi connectivity index (χ1n) is 43.6. The molecule has 3 aliphatic heterocycles. The zero-order chi connectivity index (χ0) is 88.6. The highest BCUT2D eigenvalue weighted by molar-refractivity contribution is 6.39. The van der Waals surface area contributed by atoms with Crippen molar-refractivity contribution in [3.8, 4) is 11.3 Å². The highest BCUT2D eigenvalue weighted by atomic mass is 16.6. The second-order valence-corrected chi connectivity index (χ2v) is 32.5. The van der Waals surface area contributed by atoms with E-state index in [1.165, 1.54) is 18.3 Å². The van der Waals surface area contributed by atoms with Crippen molar-refractivity contribution >= 4 is 69.2 Å². The van der Waals surface area contributed by atoms with Crippen LogP contribution < -0.4 is 22.1 Å². The number of nitrogen functional groups attached to an aromatic ring is 2. The van der Waals surface area contributed by atoms with Crippen LogP contribution in [0.3, 0.4) is 0 Å². The normalized spacial score (nSPS) is 27.8. The number of anilines is 2. The molecule has 16 atom stereocenters. The zero-order valence-electron chi connectivity index (χ0n) is 73.6. The number of ether oxygens (including phenoxy) is 13. The lowest BCUT2D eigenvalue weighted by atomic mass is 9.78. The fourth-order valence-electron chi connectivity index (χ4n) is 15.9. The van der Waals surface area contributed by atoms with E-state index in [1.54, 1.807) is 51.8 Å². The predicted molar refractivity (Wildman–Crippen MR) is 458 cm³/mol. The lowest BCUT2D eigenvalue weighted by molar-refractivity contribution is -0.265. The second-order valence-electron chi connectivity index (χ2n) is 32.5. The van der Waals surface area contributed by atoms with Crippen molar-refractivity contribution in [1.29, 1.82) is 0 Å². The summed E-state index contributed by atoms with van der Waals surface area (Å²) in [6.07, 6.45) is 13.4. The van der Waals surface area contributed by atoms with Gasteiger partial charge in [-0.15, -0.1) is 0 Å².